The van der Waals surface area contributed by atoms with E-state index in [4.69, 9.17) is 0 Å². The minimum absolute atomic E-state index is 0.0938. The van der Waals surface area contributed by atoms with Crippen LogP contribution in [0.2, 0.25) is 0 Å². The number of anilines is 1. The number of carbonyl (C=O) groups is 2. The van der Waals surface area contributed by atoms with Crippen LogP contribution in [0.4, 0.5) is 5.69 Å². The Labute approximate surface area is 170 Å². The van der Waals surface area contributed by atoms with E-state index in [1.807, 2.05) is 59.5 Å². The molecule has 2 aliphatic heterocycles. The number of hydrogen-bond donors (Lipinski definition) is 1. The van der Waals surface area contributed by atoms with Gasteiger partial charge < -0.3 is 10.2 Å². The number of benzene rings is 2. The molecule has 1 saturated heterocycles. The number of likely N-dealkylation sites (tertiary alicyclic amines) is 1. The lowest BCUT2D eigenvalue weighted by atomic mass is 9.91. The molecule has 2 aromatic carbocycles. The molecule has 4 nitrogen and oxygen atoms in total. The number of thioether (sulfide) groups is 1. The molecule has 1 fully saturated rings. The molecule has 28 heavy (non-hydrogen) atoms. The van der Waals surface area contributed by atoms with Crippen molar-refractivity contribution in [3.05, 3.63) is 64.6 Å². The van der Waals surface area contributed by atoms with E-state index in [1.165, 1.54) is 18.2 Å². The molecular formula is C23H24N2O2S. The minimum atomic E-state index is -0.0971. The number of fused-ring (bicyclic) bond motifs is 1. The maximum Gasteiger partial charge on any atom is 0.262 e. The molecule has 144 valence electrons. The normalized spacial score (nSPS) is 23.3. The molecule has 5 heteroatoms. The molecule has 0 bridgehead atoms. The molecule has 2 heterocycles. The molecule has 1 N–H and O–H groups in total. The van der Waals surface area contributed by atoms with Crippen LogP contribution in [0.25, 0.3) is 6.08 Å². The van der Waals surface area contributed by atoms with Crippen LogP contribution in [0.3, 0.4) is 0 Å². The first kappa shape index (κ1) is 18.8. The fraction of sp³-hybridized carbons (Fsp3) is 0.304. The number of piperidine rings is 1. The number of hydrogen-bond acceptors (Lipinski definition) is 3. The standard InChI is InChI=1S/C23H24N2O2S/c1-15-11-16(2)14-25(13-15)23(27)18-9-7-17(8-10-18)12-21-22(26)24-19-5-3-4-6-20(19)28-21/h3-10,12,15-16H,11,13-14H2,1-2H3,(H,24,26)/b21-12+/t15-,16-/m1/s1. The van der Waals surface area contributed by atoms with Crippen molar-refractivity contribution < 1.29 is 9.59 Å². The average molecular weight is 393 g/mol. The van der Waals surface area contributed by atoms with E-state index >= 15 is 0 Å². The Morgan fingerprint density at radius 3 is 2.46 bits per heavy atom. The fourth-order valence-corrected chi connectivity index (χ4v) is 4.94. The first-order valence-corrected chi connectivity index (χ1v) is 10.5. The molecule has 2 amide bonds. The van der Waals surface area contributed by atoms with Crippen molar-refractivity contribution in [1.82, 2.24) is 4.90 Å². The molecule has 0 aromatic heterocycles. The maximum atomic E-state index is 12.8. The third-order valence-corrected chi connectivity index (χ3v) is 6.29. The summed E-state index contributed by atoms with van der Waals surface area (Å²) in [7, 11) is 0. The smallest absolute Gasteiger partial charge is 0.262 e. The highest BCUT2D eigenvalue weighted by Gasteiger charge is 2.26. The molecular weight excluding hydrogens is 368 g/mol. The zero-order valence-electron chi connectivity index (χ0n) is 16.1. The Morgan fingerprint density at radius 2 is 1.75 bits per heavy atom. The monoisotopic (exact) mass is 392 g/mol. The van der Waals surface area contributed by atoms with Gasteiger partial charge in [0.25, 0.3) is 11.8 Å². The van der Waals surface area contributed by atoms with E-state index in [-0.39, 0.29) is 11.8 Å². The van der Waals surface area contributed by atoms with Crippen molar-refractivity contribution >= 4 is 35.3 Å². The quantitative estimate of drug-likeness (QED) is 0.740. The van der Waals surface area contributed by atoms with Gasteiger partial charge in [-0.3, -0.25) is 9.59 Å². The lowest BCUT2D eigenvalue weighted by Crippen LogP contribution is -2.42. The second-order valence-electron chi connectivity index (χ2n) is 7.84. The van der Waals surface area contributed by atoms with E-state index in [1.54, 1.807) is 0 Å². The summed E-state index contributed by atoms with van der Waals surface area (Å²) in [6.45, 7) is 6.06. The third kappa shape index (κ3) is 3.99. The summed E-state index contributed by atoms with van der Waals surface area (Å²) in [5.74, 6) is 1.08. The topological polar surface area (TPSA) is 49.4 Å². The Kier molecular flexibility index (Phi) is 5.27. The number of carbonyl (C=O) groups excluding carboxylic acids is 2. The van der Waals surface area contributed by atoms with Gasteiger partial charge in [-0.15, -0.1) is 0 Å². The Balaban J connectivity index is 1.50. The number of amides is 2. The second-order valence-corrected chi connectivity index (χ2v) is 8.92. The van der Waals surface area contributed by atoms with Gasteiger partial charge >= 0.3 is 0 Å². The molecule has 0 spiro atoms. The van der Waals surface area contributed by atoms with Crippen LogP contribution in [0.5, 0.6) is 0 Å². The summed E-state index contributed by atoms with van der Waals surface area (Å²) in [6, 6.07) is 15.3. The van der Waals surface area contributed by atoms with Crippen LogP contribution in [0.15, 0.2) is 58.3 Å². The van der Waals surface area contributed by atoms with Crippen molar-refractivity contribution in [2.24, 2.45) is 11.8 Å². The van der Waals surface area contributed by atoms with Crippen molar-refractivity contribution in [3.8, 4) is 0 Å². The van der Waals surface area contributed by atoms with Crippen LogP contribution in [0.1, 0.15) is 36.2 Å². The summed E-state index contributed by atoms with van der Waals surface area (Å²) in [4.78, 5) is 28.8. The molecule has 2 aromatic rings. The zero-order chi connectivity index (χ0) is 19.7. The highest BCUT2D eigenvalue weighted by Crippen LogP contribution is 2.38. The van der Waals surface area contributed by atoms with E-state index < -0.39 is 0 Å². The molecule has 0 aliphatic carbocycles. The van der Waals surface area contributed by atoms with Gasteiger partial charge in [-0.1, -0.05) is 49.9 Å². The SMILES string of the molecule is C[C@@H]1C[C@@H](C)CN(C(=O)c2ccc(/C=C3/Sc4ccccc4NC3=O)cc2)C1. The van der Waals surface area contributed by atoms with Crippen LogP contribution >= 0.6 is 11.8 Å². The predicted molar refractivity (Wildman–Crippen MR) is 114 cm³/mol. The Bertz CT molecular complexity index is 926. The summed E-state index contributed by atoms with van der Waals surface area (Å²) in [5, 5.41) is 2.92. The number of para-hydroxylation sites is 1. The lowest BCUT2D eigenvalue weighted by molar-refractivity contribution is -0.112. The van der Waals surface area contributed by atoms with Crippen LogP contribution < -0.4 is 5.32 Å². The highest BCUT2D eigenvalue weighted by molar-refractivity contribution is 8.04. The van der Waals surface area contributed by atoms with Gasteiger partial charge in [0, 0.05) is 23.5 Å². The van der Waals surface area contributed by atoms with E-state index in [2.05, 4.69) is 19.2 Å². The number of rotatable bonds is 2. The lowest BCUT2D eigenvalue weighted by Gasteiger charge is -2.35. The van der Waals surface area contributed by atoms with E-state index in [0.717, 1.165) is 29.2 Å². The third-order valence-electron chi connectivity index (χ3n) is 5.19. The second kappa shape index (κ2) is 7.84. The van der Waals surface area contributed by atoms with Gasteiger partial charge in [0.1, 0.15) is 0 Å². The zero-order valence-corrected chi connectivity index (χ0v) is 17.0. The van der Waals surface area contributed by atoms with Crippen LogP contribution in [-0.2, 0) is 4.79 Å². The molecule has 2 aliphatic rings. The summed E-state index contributed by atoms with van der Waals surface area (Å²) >= 11 is 1.47. The molecule has 4 rings (SSSR count). The first-order chi connectivity index (χ1) is 13.5. The summed E-state index contributed by atoms with van der Waals surface area (Å²) in [5.41, 5.74) is 2.46. The summed E-state index contributed by atoms with van der Waals surface area (Å²) in [6.07, 6.45) is 3.05. The minimum Gasteiger partial charge on any atom is -0.338 e. The van der Waals surface area contributed by atoms with Crippen LogP contribution in [-0.4, -0.2) is 29.8 Å². The van der Waals surface area contributed by atoms with Crippen molar-refractivity contribution in [2.45, 2.75) is 25.2 Å². The van der Waals surface area contributed by atoms with E-state index in [9.17, 15) is 9.59 Å². The highest BCUT2D eigenvalue weighted by atomic mass is 32.2. The van der Waals surface area contributed by atoms with Crippen molar-refractivity contribution in [3.63, 3.8) is 0 Å². The van der Waals surface area contributed by atoms with E-state index in [0.29, 0.717) is 22.3 Å². The van der Waals surface area contributed by atoms with Gasteiger partial charge in [-0.2, -0.15) is 0 Å². The predicted octanol–water partition coefficient (Wildman–Crippen LogP) is 4.89. The number of nitrogens with one attached hydrogen (secondary N) is 1. The Morgan fingerprint density at radius 1 is 1.07 bits per heavy atom. The molecule has 0 unspecified atom stereocenters. The van der Waals surface area contributed by atoms with Crippen molar-refractivity contribution in [1.29, 1.82) is 0 Å². The maximum absolute atomic E-state index is 12.8. The van der Waals surface area contributed by atoms with Gasteiger partial charge in [0.15, 0.2) is 0 Å². The molecule has 0 saturated carbocycles. The average Bonchev–Trinajstić information content (AvgIpc) is 2.68. The molecule has 0 radical (unpaired) electrons. The van der Waals surface area contributed by atoms with Gasteiger partial charge in [-0.05, 0) is 54.2 Å². The molecule has 2 atom stereocenters. The Hall–Kier alpha value is -2.53. The van der Waals surface area contributed by atoms with Gasteiger partial charge in [-0.25, -0.2) is 0 Å². The fourth-order valence-electron chi connectivity index (χ4n) is 3.99. The first-order valence-electron chi connectivity index (χ1n) is 9.69. The summed E-state index contributed by atoms with van der Waals surface area (Å²) < 4.78 is 0. The largest absolute Gasteiger partial charge is 0.338 e. The van der Waals surface area contributed by atoms with Crippen LogP contribution in [0, 0.1) is 11.8 Å². The van der Waals surface area contributed by atoms with Gasteiger partial charge in [0.2, 0.25) is 0 Å². The van der Waals surface area contributed by atoms with Crippen molar-refractivity contribution in [2.75, 3.05) is 18.4 Å². The number of nitrogens with zero attached hydrogens (tertiary/aromatic N) is 1. The van der Waals surface area contributed by atoms with Gasteiger partial charge in [0.05, 0.1) is 10.6 Å².